The Morgan fingerprint density at radius 2 is 1.95 bits per heavy atom. The van der Waals surface area contributed by atoms with Crippen LogP contribution in [0, 0.1) is 5.92 Å². The Bertz CT molecular complexity index is 368. The van der Waals surface area contributed by atoms with Gasteiger partial charge < -0.3 is 5.32 Å². The van der Waals surface area contributed by atoms with Gasteiger partial charge in [0.1, 0.15) is 0 Å². The Hall–Kier alpha value is 0.180. The van der Waals surface area contributed by atoms with Crippen molar-refractivity contribution in [3.63, 3.8) is 0 Å². The highest BCUT2D eigenvalue weighted by molar-refractivity contribution is 7.98. The molecule has 1 heterocycles. The van der Waals surface area contributed by atoms with E-state index in [4.69, 9.17) is 0 Å². The molecule has 126 valence electrons. The van der Waals surface area contributed by atoms with E-state index >= 15 is 0 Å². The molecule has 2 N–H and O–H groups in total. The van der Waals surface area contributed by atoms with Crippen LogP contribution in [-0.4, -0.2) is 57.0 Å². The first kappa shape index (κ1) is 19.2. The summed E-state index contributed by atoms with van der Waals surface area (Å²) in [7, 11) is -3.32. The third-order valence-electron chi connectivity index (χ3n) is 3.95. The topological polar surface area (TPSA) is 61.4 Å². The second-order valence-corrected chi connectivity index (χ2v) is 8.34. The highest BCUT2D eigenvalue weighted by Gasteiger charge is 2.29. The zero-order valence-corrected chi connectivity index (χ0v) is 15.2. The summed E-state index contributed by atoms with van der Waals surface area (Å²) in [5.41, 5.74) is 0. The quantitative estimate of drug-likeness (QED) is 0.595. The Kier molecular flexibility index (Phi) is 9.20. The molecule has 1 fully saturated rings. The van der Waals surface area contributed by atoms with Crippen LogP contribution in [0.4, 0.5) is 0 Å². The van der Waals surface area contributed by atoms with E-state index in [0.29, 0.717) is 19.0 Å². The summed E-state index contributed by atoms with van der Waals surface area (Å²) < 4.78 is 29.2. The molecule has 7 heteroatoms. The Morgan fingerprint density at radius 3 is 2.48 bits per heavy atom. The molecular weight excluding hydrogens is 306 g/mol. The van der Waals surface area contributed by atoms with Crippen LogP contribution in [0.15, 0.2) is 0 Å². The molecule has 5 nitrogen and oxygen atoms in total. The molecular formula is C14H31N3O2S2. The Morgan fingerprint density at radius 1 is 1.29 bits per heavy atom. The van der Waals surface area contributed by atoms with Crippen molar-refractivity contribution in [2.24, 2.45) is 5.92 Å². The molecule has 0 spiro atoms. The van der Waals surface area contributed by atoms with Gasteiger partial charge in [-0.2, -0.15) is 29.2 Å². The summed E-state index contributed by atoms with van der Waals surface area (Å²) in [5, 5.41) is 3.43. The Labute approximate surface area is 134 Å². The summed E-state index contributed by atoms with van der Waals surface area (Å²) in [6.07, 6.45) is 5.89. The lowest BCUT2D eigenvalue weighted by Crippen LogP contribution is -2.49. The van der Waals surface area contributed by atoms with Crippen molar-refractivity contribution in [2.75, 3.05) is 38.2 Å². The minimum atomic E-state index is -3.32. The minimum Gasteiger partial charge on any atom is -0.316 e. The van der Waals surface area contributed by atoms with E-state index in [2.05, 4.69) is 17.0 Å². The van der Waals surface area contributed by atoms with E-state index in [1.165, 1.54) is 0 Å². The van der Waals surface area contributed by atoms with Gasteiger partial charge in [0.15, 0.2) is 0 Å². The van der Waals surface area contributed by atoms with Crippen LogP contribution in [0.1, 0.15) is 39.5 Å². The molecule has 0 aromatic heterocycles. The predicted octanol–water partition coefficient (Wildman–Crippen LogP) is 1.67. The van der Waals surface area contributed by atoms with Crippen LogP contribution in [0.2, 0.25) is 0 Å². The first-order valence-electron chi connectivity index (χ1n) is 8.00. The minimum absolute atomic E-state index is 0.0361. The molecule has 1 saturated heterocycles. The zero-order valence-electron chi connectivity index (χ0n) is 13.6. The number of thioether (sulfide) groups is 1. The average Bonchev–Trinajstić information content (AvgIpc) is 2.47. The lowest BCUT2D eigenvalue weighted by atomic mass is 9.98. The van der Waals surface area contributed by atoms with E-state index in [1.807, 2.05) is 13.2 Å². The molecule has 0 saturated carbocycles. The SMILES string of the molecule is CCCNCC1CCN(S(=O)(=O)NC(CC)CSC)CC1. The smallest absolute Gasteiger partial charge is 0.279 e. The van der Waals surface area contributed by atoms with Crippen molar-refractivity contribution >= 4 is 22.0 Å². The number of nitrogens with zero attached hydrogens (tertiary/aromatic N) is 1. The first-order valence-corrected chi connectivity index (χ1v) is 10.8. The first-order chi connectivity index (χ1) is 10.0. The van der Waals surface area contributed by atoms with Gasteiger partial charge in [0.25, 0.3) is 10.2 Å². The summed E-state index contributed by atoms with van der Waals surface area (Å²) in [6.45, 7) is 7.53. The third-order valence-corrected chi connectivity index (χ3v) is 6.36. The summed E-state index contributed by atoms with van der Waals surface area (Å²) in [6, 6.07) is 0.0361. The molecule has 21 heavy (non-hydrogen) atoms. The summed E-state index contributed by atoms with van der Waals surface area (Å²) in [5.74, 6) is 1.43. The van der Waals surface area contributed by atoms with Gasteiger partial charge in [0, 0.05) is 24.9 Å². The molecule has 1 atom stereocenters. The predicted molar refractivity (Wildman–Crippen MR) is 92.0 cm³/mol. The monoisotopic (exact) mass is 337 g/mol. The molecule has 1 rings (SSSR count). The van der Waals surface area contributed by atoms with Gasteiger partial charge in [-0.05, 0) is 50.9 Å². The fourth-order valence-corrected chi connectivity index (χ4v) is 4.90. The maximum atomic E-state index is 12.4. The second-order valence-electron chi connectivity index (χ2n) is 5.73. The normalized spacial score (nSPS) is 19.8. The van der Waals surface area contributed by atoms with Crippen molar-refractivity contribution in [1.82, 2.24) is 14.3 Å². The largest absolute Gasteiger partial charge is 0.316 e. The number of rotatable bonds is 10. The molecule has 0 aliphatic carbocycles. The number of hydrogen-bond donors (Lipinski definition) is 2. The highest BCUT2D eigenvalue weighted by Crippen LogP contribution is 2.19. The van der Waals surface area contributed by atoms with Gasteiger partial charge in [-0.15, -0.1) is 0 Å². The standard InChI is InChI=1S/C14H31N3O2S2/c1-4-8-15-11-13-6-9-17(10-7-13)21(18,19)16-14(5-2)12-20-3/h13-16H,4-12H2,1-3H3. The van der Waals surface area contributed by atoms with E-state index < -0.39 is 10.2 Å². The van der Waals surface area contributed by atoms with E-state index in [1.54, 1.807) is 16.1 Å². The summed E-state index contributed by atoms with van der Waals surface area (Å²) in [4.78, 5) is 0. The Balaban J connectivity index is 2.41. The van der Waals surface area contributed by atoms with Crippen molar-refractivity contribution in [2.45, 2.75) is 45.6 Å². The van der Waals surface area contributed by atoms with E-state index in [0.717, 1.165) is 44.5 Å². The van der Waals surface area contributed by atoms with Crippen molar-refractivity contribution in [3.05, 3.63) is 0 Å². The second kappa shape index (κ2) is 10.0. The average molecular weight is 338 g/mol. The molecule has 0 aromatic rings. The molecule has 1 aliphatic rings. The molecule has 1 aliphatic heterocycles. The van der Waals surface area contributed by atoms with Crippen LogP contribution < -0.4 is 10.0 Å². The fraction of sp³-hybridized carbons (Fsp3) is 1.00. The lowest BCUT2D eigenvalue weighted by molar-refractivity contribution is 0.264. The number of nitrogens with one attached hydrogen (secondary N) is 2. The van der Waals surface area contributed by atoms with Gasteiger partial charge in [-0.1, -0.05) is 13.8 Å². The van der Waals surface area contributed by atoms with Gasteiger partial charge in [-0.3, -0.25) is 0 Å². The van der Waals surface area contributed by atoms with Crippen LogP contribution in [0.25, 0.3) is 0 Å². The highest BCUT2D eigenvalue weighted by atomic mass is 32.2. The van der Waals surface area contributed by atoms with Crippen LogP contribution >= 0.6 is 11.8 Å². The maximum absolute atomic E-state index is 12.4. The van der Waals surface area contributed by atoms with Crippen molar-refractivity contribution < 1.29 is 8.42 Å². The maximum Gasteiger partial charge on any atom is 0.279 e. The third kappa shape index (κ3) is 6.86. The van der Waals surface area contributed by atoms with E-state index in [-0.39, 0.29) is 6.04 Å². The van der Waals surface area contributed by atoms with Crippen LogP contribution in [-0.2, 0) is 10.2 Å². The molecule has 0 radical (unpaired) electrons. The fourth-order valence-electron chi connectivity index (χ4n) is 2.56. The molecule has 0 aromatic carbocycles. The van der Waals surface area contributed by atoms with Crippen LogP contribution in [0.3, 0.4) is 0 Å². The molecule has 0 bridgehead atoms. The van der Waals surface area contributed by atoms with Gasteiger partial charge in [0.05, 0.1) is 0 Å². The zero-order chi connectivity index (χ0) is 15.7. The number of piperidine rings is 1. The van der Waals surface area contributed by atoms with Gasteiger partial charge in [-0.25, -0.2) is 0 Å². The lowest BCUT2D eigenvalue weighted by Gasteiger charge is -2.32. The van der Waals surface area contributed by atoms with Gasteiger partial charge in [0.2, 0.25) is 0 Å². The molecule has 0 amide bonds. The van der Waals surface area contributed by atoms with Crippen molar-refractivity contribution in [1.29, 1.82) is 0 Å². The number of hydrogen-bond acceptors (Lipinski definition) is 4. The summed E-state index contributed by atoms with van der Waals surface area (Å²) >= 11 is 1.68. The van der Waals surface area contributed by atoms with Crippen LogP contribution in [0.5, 0.6) is 0 Å². The van der Waals surface area contributed by atoms with E-state index in [9.17, 15) is 8.42 Å². The van der Waals surface area contributed by atoms with Crippen molar-refractivity contribution in [3.8, 4) is 0 Å². The van der Waals surface area contributed by atoms with Gasteiger partial charge >= 0.3 is 0 Å². The molecule has 1 unspecified atom stereocenters.